The van der Waals surface area contributed by atoms with E-state index in [0.29, 0.717) is 6.42 Å². The van der Waals surface area contributed by atoms with Crippen LogP contribution in [0.3, 0.4) is 0 Å². The molecule has 1 rings (SSSR count). The monoisotopic (exact) mass is 284 g/mol. The number of carbonyl (C=O) groups is 1. The number of rotatable bonds is 4. The van der Waals surface area contributed by atoms with Gasteiger partial charge in [0.2, 0.25) is 5.91 Å². The van der Waals surface area contributed by atoms with E-state index in [1.165, 1.54) is 0 Å². The molecule has 3 nitrogen and oxygen atoms in total. The first-order valence-corrected chi connectivity index (χ1v) is 6.13. The van der Waals surface area contributed by atoms with Gasteiger partial charge in [0.05, 0.1) is 5.69 Å². The summed E-state index contributed by atoms with van der Waals surface area (Å²) < 4.78 is 0.886. The van der Waals surface area contributed by atoms with Crippen molar-refractivity contribution in [2.75, 3.05) is 5.32 Å². The summed E-state index contributed by atoms with van der Waals surface area (Å²) in [6, 6.07) is 5.77. The Morgan fingerprint density at radius 3 is 2.88 bits per heavy atom. The molecule has 1 atom stereocenters. The predicted octanol–water partition coefficient (Wildman–Crippen LogP) is 2.82. The van der Waals surface area contributed by atoms with Gasteiger partial charge in [-0.1, -0.05) is 13.0 Å². The fourth-order valence-corrected chi connectivity index (χ4v) is 1.66. The highest BCUT2D eigenvalue weighted by atomic mass is 79.9. The normalized spacial score (nSPS) is 12.2. The Labute approximate surface area is 105 Å². The van der Waals surface area contributed by atoms with Gasteiger partial charge in [0.1, 0.15) is 0 Å². The molecule has 0 aliphatic heterocycles. The van der Waals surface area contributed by atoms with Crippen molar-refractivity contribution in [3.05, 3.63) is 28.2 Å². The molecule has 0 spiro atoms. The molecular weight excluding hydrogens is 268 g/mol. The van der Waals surface area contributed by atoms with E-state index in [1.807, 2.05) is 32.0 Å². The zero-order valence-corrected chi connectivity index (χ0v) is 11.2. The van der Waals surface area contributed by atoms with Gasteiger partial charge in [-0.3, -0.25) is 4.79 Å². The topological polar surface area (TPSA) is 55.1 Å². The van der Waals surface area contributed by atoms with Gasteiger partial charge in [-0.25, -0.2) is 0 Å². The minimum absolute atomic E-state index is 0.0411. The molecule has 0 bridgehead atoms. The summed E-state index contributed by atoms with van der Waals surface area (Å²) in [5, 5.41) is 2.85. The number of amides is 1. The summed E-state index contributed by atoms with van der Waals surface area (Å²) in [6.45, 7) is 3.96. The van der Waals surface area contributed by atoms with E-state index in [4.69, 9.17) is 5.73 Å². The van der Waals surface area contributed by atoms with Gasteiger partial charge in [0.25, 0.3) is 0 Å². The second kappa shape index (κ2) is 6.01. The fourth-order valence-electron chi connectivity index (χ4n) is 1.32. The van der Waals surface area contributed by atoms with Gasteiger partial charge in [-0.05, 0) is 47.0 Å². The van der Waals surface area contributed by atoms with Crippen LogP contribution in [0.5, 0.6) is 0 Å². The average molecular weight is 285 g/mol. The van der Waals surface area contributed by atoms with Gasteiger partial charge in [-0.2, -0.15) is 0 Å². The van der Waals surface area contributed by atoms with Crippen LogP contribution in [0, 0.1) is 6.92 Å². The summed E-state index contributed by atoms with van der Waals surface area (Å²) in [6.07, 6.45) is 1.17. The van der Waals surface area contributed by atoms with Gasteiger partial charge < -0.3 is 11.1 Å². The Hall–Kier alpha value is -0.870. The molecule has 0 saturated carbocycles. The maximum absolute atomic E-state index is 11.6. The quantitative estimate of drug-likeness (QED) is 0.893. The molecule has 0 fully saturated rings. The smallest absolute Gasteiger partial charge is 0.225 e. The van der Waals surface area contributed by atoms with E-state index < -0.39 is 0 Å². The van der Waals surface area contributed by atoms with Crippen LogP contribution in [0.1, 0.15) is 25.3 Å². The van der Waals surface area contributed by atoms with E-state index in [2.05, 4.69) is 21.2 Å². The lowest BCUT2D eigenvalue weighted by Gasteiger charge is -2.11. The van der Waals surface area contributed by atoms with Crippen molar-refractivity contribution in [3.8, 4) is 0 Å². The number of hydrogen-bond acceptors (Lipinski definition) is 2. The second-order valence-corrected chi connectivity index (χ2v) is 4.76. The lowest BCUT2D eigenvalue weighted by Crippen LogP contribution is -2.26. The molecule has 0 aromatic heterocycles. The summed E-state index contributed by atoms with van der Waals surface area (Å²) in [5.41, 5.74) is 7.63. The summed E-state index contributed by atoms with van der Waals surface area (Å²) in [7, 11) is 0. The first-order chi connectivity index (χ1) is 7.52. The molecule has 0 aliphatic rings. The number of nitrogens with one attached hydrogen (secondary N) is 1. The zero-order valence-electron chi connectivity index (χ0n) is 9.59. The van der Waals surface area contributed by atoms with E-state index in [-0.39, 0.29) is 11.9 Å². The molecule has 1 aromatic carbocycles. The van der Waals surface area contributed by atoms with Gasteiger partial charge in [0, 0.05) is 16.9 Å². The second-order valence-electron chi connectivity index (χ2n) is 3.90. The van der Waals surface area contributed by atoms with Crippen LogP contribution in [0.25, 0.3) is 0 Å². The summed E-state index contributed by atoms with van der Waals surface area (Å²) in [4.78, 5) is 11.6. The molecule has 1 aromatic rings. The van der Waals surface area contributed by atoms with Crippen LogP contribution in [-0.4, -0.2) is 11.9 Å². The first-order valence-electron chi connectivity index (χ1n) is 5.34. The Balaban J connectivity index is 2.65. The van der Waals surface area contributed by atoms with Crippen LogP contribution >= 0.6 is 15.9 Å². The van der Waals surface area contributed by atoms with Gasteiger partial charge in [0.15, 0.2) is 0 Å². The van der Waals surface area contributed by atoms with Crippen LogP contribution < -0.4 is 11.1 Å². The predicted molar refractivity (Wildman–Crippen MR) is 70.4 cm³/mol. The van der Waals surface area contributed by atoms with E-state index >= 15 is 0 Å². The zero-order chi connectivity index (χ0) is 12.1. The van der Waals surface area contributed by atoms with Crippen molar-refractivity contribution in [2.45, 2.75) is 32.7 Å². The van der Waals surface area contributed by atoms with Crippen molar-refractivity contribution < 1.29 is 4.79 Å². The number of nitrogens with two attached hydrogens (primary N) is 1. The third kappa shape index (κ3) is 3.94. The minimum atomic E-state index is -0.0661. The fraction of sp³-hybridized carbons (Fsp3) is 0.417. The standard InChI is InChI=1S/C12H17BrN2O/c1-3-9(14)7-12(16)15-11-6-8(2)4-5-10(11)13/h4-6,9H,3,7,14H2,1-2H3,(H,15,16). The molecule has 1 unspecified atom stereocenters. The highest BCUT2D eigenvalue weighted by Crippen LogP contribution is 2.23. The third-order valence-corrected chi connectivity index (χ3v) is 3.06. The van der Waals surface area contributed by atoms with E-state index in [1.54, 1.807) is 0 Å². The molecule has 1 amide bonds. The number of benzene rings is 1. The van der Waals surface area contributed by atoms with E-state index in [9.17, 15) is 4.79 Å². The number of aryl methyl sites for hydroxylation is 1. The van der Waals surface area contributed by atoms with Crippen LogP contribution in [0.15, 0.2) is 22.7 Å². The van der Waals surface area contributed by atoms with Crippen LogP contribution in [0.4, 0.5) is 5.69 Å². The highest BCUT2D eigenvalue weighted by Gasteiger charge is 2.09. The SMILES string of the molecule is CCC(N)CC(=O)Nc1cc(C)ccc1Br. The molecule has 0 aliphatic carbocycles. The van der Waals surface area contributed by atoms with Crippen LogP contribution in [-0.2, 0) is 4.79 Å². The molecule has 4 heteroatoms. The van der Waals surface area contributed by atoms with Crippen molar-refractivity contribution >= 4 is 27.5 Å². The number of hydrogen-bond donors (Lipinski definition) is 2. The molecule has 3 N–H and O–H groups in total. The van der Waals surface area contributed by atoms with Gasteiger partial charge >= 0.3 is 0 Å². The highest BCUT2D eigenvalue weighted by molar-refractivity contribution is 9.10. The minimum Gasteiger partial charge on any atom is -0.327 e. The van der Waals surface area contributed by atoms with Gasteiger partial charge in [-0.15, -0.1) is 0 Å². The lowest BCUT2D eigenvalue weighted by atomic mass is 10.1. The van der Waals surface area contributed by atoms with Crippen LogP contribution in [0.2, 0.25) is 0 Å². The number of halogens is 1. The molecule has 0 radical (unpaired) electrons. The molecule has 0 saturated heterocycles. The Kier molecular flexibility index (Phi) is 4.96. The maximum atomic E-state index is 11.6. The average Bonchev–Trinajstić information content (AvgIpc) is 2.23. The summed E-state index contributed by atoms with van der Waals surface area (Å²) >= 11 is 3.40. The van der Waals surface area contributed by atoms with Crippen molar-refractivity contribution in [2.24, 2.45) is 5.73 Å². The third-order valence-electron chi connectivity index (χ3n) is 2.37. The summed E-state index contributed by atoms with van der Waals surface area (Å²) in [5.74, 6) is -0.0411. The largest absolute Gasteiger partial charge is 0.327 e. The molecule has 88 valence electrons. The maximum Gasteiger partial charge on any atom is 0.225 e. The number of carbonyl (C=O) groups excluding carboxylic acids is 1. The first kappa shape index (κ1) is 13.2. The van der Waals surface area contributed by atoms with Crippen molar-refractivity contribution in [1.29, 1.82) is 0 Å². The Morgan fingerprint density at radius 1 is 1.56 bits per heavy atom. The molecule has 16 heavy (non-hydrogen) atoms. The number of anilines is 1. The van der Waals surface area contributed by atoms with Crippen molar-refractivity contribution in [3.63, 3.8) is 0 Å². The van der Waals surface area contributed by atoms with Crippen molar-refractivity contribution in [1.82, 2.24) is 0 Å². The molecular formula is C12H17BrN2O. The molecule has 0 heterocycles. The Morgan fingerprint density at radius 2 is 2.25 bits per heavy atom. The van der Waals surface area contributed by atoms with E-state index in [0.717, 1.165) is 22.1 Å². The Bertz CT molecular complexity index is 379. The lowest BCUT2D eigenvalue weighted by molar-refractivity contribution is -0.116.